The molecule has 0 aliphatic rings. The maximum Gasteiger partial charge on any atom is 0.416 e. The van der Waals surface area contributed by atoms with Crippen LogP contribution in [-0.4, -0.2) is 26.9 Å². The SMILES string of the molecule is CC(CNc1ccc(C(F)(F)F)cc1[N+](=O)[O-])P(=O)(O)O. The van der Waals surface area contributed by atoms with E-state index in [4.69, 9.17) is 9.79 Å². The Hall–Kier alpha value is -1.64. The normalized spacial score (nSPS) is 13.8. The third-order valence-corrected chi connectivity index (χ3v) is 4.01. The van der Waals surface area contributed by atoms with Crippen molar-refractivity contribution in [2.45, 2.75) is 18.8 Å². The molecule has 3 N–H and O–H groups in total. The van der Waals surface area contributed by atoms with Gasteiger partial charge in [0.25, 0.3) is 5.69 Å². The Balaban J connectivity index is 3.03. The Labute approximate surface area is 117 Å². The number of hydrogen-bond acceptors (Lipinski definition) is 4. The number of benzene rings is 1. The minimum Gasteiger partial charge on any atom is -0.379 e. The van der Waals surface area contributed by atoms with Gasteiger partial charge in [0.15, 0.2) is 0 Å². The number of nitrogens with zero attached hydrogens (tertiary/aromatic N) is 1. The molecule has 0 radical (unpaired) electrons. The second-order valence-electron chi connectivity index (χ2n) is 4.31. The number of nitro groups is 1. The summed E-state index contributed by atoms with van der Waals surface area (Å²) in [6, 6.07) is 1.87. The molecule has 0 aromatic heterocycles. The monoisotopic (exact) mass is 328 g/mol. The molecule has 1 unspecified atom stereocenters. The molecule has 0 aliphatic heterocycles. The van der Waals surface area contributed by atoms with Gasteiger partial charge in [-0.15, -0.1) is 0 Å². The van der Waals surface area contributed by atoms with Crippen molar-refractivity contribution in [3.05, 3.63) is 33.9 Å². The summed E-state index contributed by atoms with van der Waals surface area (Å²) in [5, 5.41) is 13.2. The van der Waals surface area contributed by atoms with Crippen LogP contribution in [0.15, 0.2) is 18.2 Å². The van der Waals surface area contributed by atoms with E-state index in [0.717, 1.165) is 6.07 Å². The van der Waals surface area contributed by atoms with E-state index in [2.05, 4.69) is 5.32 Å². The Morgan fingerprint density at radius 2 is 2.00 bits per heavy atom. The van der Waals surface area contributed by atoms with Gasteiger partial charge in [-0.1, -0.05) is 0 Å². The molecule has 11 heteroatoms. The highest BCUT2D eigenvalue weighted by Gasteiger charge is 2.33. The molecule has 0 amide bonds. The van der Waals surface area contributed by atoms with Crippen LogP contribution < -0.4 is 5.32 Å². The van der Waals surface area contributed by atoms with Gasteiger partial charge in [0.05, 0.1) is 16.1 Å². The molecule has 0 aliphatic carbocycles. The van der Waals surface area contributed by atoms with Gasteiger partial charge in [0.2, 0.25) is 0 Å². The lowest BCUT2D eigenvalue weighted by molar-refractivity contribution is -0.384. The predicted octanol–water partition coefficient (Wildman–Crippen LogP) is 2.59. The van der Waals surface area contributed by atoms with E-state index in [1.165, 1.54) is 6.92 Å². The van der Waals surface area contributed by atoms with Crippen molar-refractivity contribution in [2.24, 2.45) is 0 Å². The van der Waals surface area contributed by atoms with E-state index >= 15 is 0 Å². The molecule has 0 spiro atoms. The Bertz CT molecular complexity index is 587. The van der Waals surface area contributed by atoms with E-state index < -0.39 is 35.6 Å². The first-order valence-corrected chi connectivity index (χ1v) is 7.26. The zero-order chi connectivity index (χ0) is 16.4. The zero-order valence-corrected chi connectivity index (χ0v) is 11.6. The number of anilines is 1. The van der Waals surface area contributed by atoms with Crippen molar-refractivity contribution >= 4 is 19.0 Å². The second-order valence-corrected chi connectivity index (χ2v) is 6.37. The summed E-state index contributed by atoms with van der Waals surface area (Å²) < 4.78 is 48.4. The van der Waals surface area contributed by atoms with Gasteiger partial charge in [0, 0.05) is 12.6 Å². The first kappa shape index (κ1) is 17.4. The van der Waals surface area contributed by atoms with Gasteiger partial charge in [-0.3, -0.25) is 14.7 Å². The van der Waals surface area contributed by atoms with Crippen molar-refractivity contribution in [1.82, 2.24) is 0 Å². The standard InChI is InChI=1S/C10H12F3N2O5P/c1-6(21(18,19)20)5-14-8-3-2-7(10(11,12)13)4-9(8)15(16)17/h2-4,6,14H,5H2,1H3,(H2,18,19,20). The second kappa shape index (κ2) is 6.00. The quantitative estimate of drug-likeness (QED) is 0.435. The molecule has 1 aromatic rings. The van der Waals surface area contributed by atoms with Crippen molar-refractivity contribution in [3.8, 4) is 0 Å². The lowest BCUT2D eigenvalue weighted by Gasteiger charge is -2.15. The first-order valence-electron chi connectivity index (χ1n) is 5.57. The van der Waals surface area contributed by atoms with Gasteiger partial charge in [-0.25, -0.2) is 0 Å². The largest absolute Gasteiger partial charge is 0.416 e. The van der Waals surface area contributed by atoms with Gasteiger partial charge in [-0.2, -0.15) is 13.2 Å². The van der Waals surface area contributed by atoms with Crippen molar-refractivity contribution in [2.75, 3.05) is 11.9 Å². The van der Waals surface area contributed by atoms with Gasteiger partial charge in [0.1, 0.15) is 5.69 Å². The van der Waals surface area contributed by atoms with Crippen molar-refractivity contribution in [3.63, 3.8) is 0 Å². The molecule has 118 valence electrons. The molecule has 0 heterocycles. The lowest BCUT2D eigenvalue weighted by atomic mass is 10.1. The van der Waals surface area contributed by atoms with Gasteiger partial charge >= 0.3 is 13.8 Å². The average molecular weight is 328 g/mol. The molecule has 7 nitrogen and oxygen atoms in total. The molecule has 0 fully saturated rings. The number of nitrogens with one attached hydrogen (secondary N) is 1. The number of nitro benzene ring substituents is 1. The van der Waals surface area contributed by atoms with E-state index in [9.17, 15) is 27.9 Å². The lowest BCUT2D eigenvalue weighted by Crippen LogP contribution is -2.17. The Morgan fingerprint density at radius 1 is 1.43 bits per heavy atom. The van der Waals surface area contributed by atoms with Crippen LogP contribution in [0.4, 0.5) is 24.5 Å². The zero-order valence-electron chi connectivity index (χ0n) is 10.7. The first-order chi connectivity index (χ1) is 9.43. The fourth-order valence-electron chi connectivity index (χ4n) is 1.39. The summed E-state index contributed by atoms with van der Waals surface area (Å²) in [5.41, 5.74) is -3.38. The molecule has 0 saturated heterocycles. The predicted molar refractivity (Wildman–Crippen MR) is 68.1 cm³/mol. The van der Waals surface area contributed by atoms with Crippen molar-refractivity contribution < 1.29 is 32.4 Å². The minimum atomic E-state index is -4.72. The van der Waals surface area contributed by atoms with Crippen LogP contribution in [0.1, 0.15) is 12.5 Å². The average Bonchev–Trinajstić information content (AvgIpc) is 2.33. The van der Waals surface area contributed by atoms with E-state index in [1.54, 1.807) is 0 Å². The summed E-state index contributed by atoms with van der Waals surface area (Å²) in [6.07, 6.45) is -4.72. The topological polar surface area (TPSA) is 113 Å². The van der Waals surface area contributed by atoms with E-state index in [-0.39, 0.29) is 12.2 Å². The third-order valence-electron chi connectivity index (χ3n) is 2.68. The summed E-state index contributed by atoms with van der Waals surface area (Å²) >= 11 is 0. The summed E-state index contributed by atoms with van der Waals surface area (Å²) in [6.45, 7) is 0.889. The Morgan fingerprint density at radius 3 is 2.43 bits per heavy atom. The van der Waals surface area contributed by atoms with Crippen LogP contribution in [0.3, 0.4) is 0 Å². The fourth-order valence-corrected chi connectivity index (χ4v) is 1.71. The smallest absolute Gasteiger partial charge is 0.379 e. The third kappa shape index (κ3) is 4.69. The maximum absolute atomic E-state index is 12.5. The van der Waals surface area contributed by atoms with Crippen LogP contribution in [0.25, 0.3) is 0 Å². The summed E-state index contributed by atoms with van der Waals surface area (Å²) in [4.78, 5) is 27.6. The molecule has 1 rings (SSSR count). The summed E-state index contributed by atoms with van der Waals surface area (Å²) in [7, 11) is -4.38. The molecule has 0 bridgehead atoms. The maximum atomic E-state index is 12.5. The number of rotatable bonds is 5. The van der Waals surface area contributed by atoms with Gasteiger partial charge < -0.3 is 15.1 Å². The number of halogens is 3. The molecular weight excluding hydrogens is 316 g/mol. The molecule has 0 saturated carbocycles. The van der Waals surface area contributed by atoms with E-state index in [0.29, 0.717) is 12.1 Å². The van der Waals surface area contributed by atoms with Gasteiger partial charge in [-0.05, 0) is 19.1 Å². The van der Waals surface area contributed by atoms with Crippen LogP contribution >= 0.6 is 7.60 Å². The molecule has 1 aromatic carbocycles. The van der Waals surface area contributed by atoms with Crippen molar-refractivity contribution in [1.29, 1.82) is 0 Å². The Kier molecular flexibility index (Phi) is 4.98. The number of alkyl halides is 3. The minimum absolute atomic E-state index is 0.242. The number of hydrogen-bond donors (Lipinski definition) is 3. The van der Waals surface area contributed by atoms with Crippen LogP contribution in [0.2, 0.25) is 0 Å². The van der Waals surface area contributed by atoms with E-state index in [1.807, 2.05) is 0 Å². The van der Waals surface area contributed by atoms with Crippen LogP contribution in [0.5, 0.6) is 0 Å². The highest BCUT2D eigenvalue weighted by Crippen LogP contribution is 2.41. The van der Waals surface area contributed by atoms with Crippen LogP contribution in [0, 0.1) is 10.1 Å². The highest BCUT2D eigenvalue weighted by molar-refractivity contribution is 7.52. The van der Waals surface area contributed by atoms with Crippen LogP contribution in [-0.2, 0) is 10.7 Å². The molecular formula is C10H12F3N2O5P. The molecule has 21 heavy (non-hydrogen) atoms. The highest BCUT2D eigenvalue weighted by atomic mass is 31.2. The summed E-state index contributed by atoms with van der Waals surface area (Å²) in [5.74, 6) is 0. The molecule has 1 atom stereocenters. The fraction of sp³-hybridized carbons (Fsp3) is 0.400.